The lowest BCUT2D eigenvalue weighted by Crippen LogP contribution is -2.39. The molecule has 0 aromatic heterocycles. The summed E-state index contributed by atoms with van der Waals surface area (Å²) in [4.78, 5) is 24.8. The van der Waals surface area contributed by atoms with Gasteiger partial charge in [-0.15, -0.1) is 0 Å². The van der Waals surface area contributed by atoms with Crippen molar-refractivity contribution in [3.05, 3.63) is 65.7 Å². The molecule has 1 heterocycles. The van der Waals surface area contributed by atoms with E-state index >= 15 is 0 Å². The molecule has 2 fully saturated rings. The number of nitrogens with one attached hydrogen (secondary N) is 3. The van der Waals surface area contributed by atoms with Crippen LogP contribution in [0.15, 0.2) is 54.6 Å². The average molecular weight is 379 g/mol. The Hall–Kier alpha value is -2.70. The standard InChI is InChI=1S/C22H25N3O3/c26-21(23-17-6-2-1-3-7-17)16-12-10-15(11-13-16)14-28-22(27)20-18-8-4-5-9-19(18)24-25-20/h1-3,6-7,10-13,18-20,24-25H,4-5,8-9,14H2,(H,23,26). The van der Waals surface area contributed by atoms with E-state index in [0.717, 1.165) is 24.1 Å². The fourth-order valence-electron chi connectivity index (χ4n) is 4.00. The van der Waals surface area contributed by atoms with Gasteiger partial charge in [-0.3, -0.25) is 15.0 Å². The number of benzene rings is 2. The van der Waals surface area contributed by atoms with Gasteiger partial charge in [0.1, 0.15) is 12.6 Å². The number of ether oxygens (including phenoxy) is 1. The topological polar surface area (TPSA) is 79.5 Å². The van der Waals surface area contributed by atoms with E-state index in [1.54, 1.807) is 12.1 Å². The first-order valence-electron chi connectivity index (χ1n) is 9.84. The maximum Gasteiger partial charge on any atom is 0.325 e. The largest absolute Gasteiger partial charge is 0.460 e. The smallest absolute Gasteiger partial charge is 0.325 e. The lowest BCUT2D eigenvalue weighted by Gasteiger charge is -2.26. The van der Waals surface area contributed by atoms with Crippen LogP contribution in [0.4, 0.5) is 5.69 Å². The third kappa shape index (κ3) is 4.24. The zero-order chi connectivity index (χ0) is 19.3. The number of anilines is 1. The molecule has 2 aromatic carbocycles. The Labute approximate surface area is 164 Å². The van der Waals surface area contributed by atoms with Crippen molar-refractivity contribution in [3.63, 3.8) is 0 Å². The summed E-state index contributed by atoms with van der Waals surface area (Å²) in [6.45, 7) is 0.203. The second-order valence-corrected chi connectivity index (χ2v) is 7.45. The predicted octanol–water partition coefficient (Wildman–Crippen LogP) is 3.02. The van der Waals surface area contributed by atoms with Crippen LogP contribution in [-0.4, -0.2) is 24.0 Å². The molecule has 0 radical (unpaired) electrons. The van der Waals surface area contributed by atoms with Crippen molar-refractivity contribution < 1.29 is 14.3 Å². The summed E-state index contributed by atoms with van der Waals surface area (Å²) in [6.07, 6.45) is 4.53. The molecule has 1 aliphatic heterocycles. The van der Waals surface area contributed by atoms with Crippen LogP contribution < -0.4 is 16.2 Å². The van der Waals surface area contributed by atoms with E-state index in [1.807, 2.05) is 42.5 Å². The monoisotopic (exact) mass is 379 g/mol. The number of fused-ring (bicyclic) bond motifs is 1. The van der Waals surface area contributed by atoms with Gasteiger partial charge in [-0.1, -0.05) is 43.2 Å². The van der Waals surface area contributed by atoms with Crippen molar-refractivity contribution in [2.75, 3.05) is 5.32 Å². The molecule has 4 rings (SSSR count). The van der Waals surface area contributed by atoms with Gasteiger partial charge in [0.2, 0.25) is 0 Å². The van der Waals surface area contributed by atoms with Gasteiger partial charge >= 0.3 is 5.97 Å². The highest BCUT2D eigenvalue weighted by molar-refractivity contribution is 6.04. The third-order valence-electron chi connectivity index (χ3n) is 5.55. The summed E-state index contributed by atoms with van der Waals surface area (Å²) in [6, 6.07) is 16.5. The number of hydrogen-bond donors (Lipinski definition) is 3. The quantitative estimate of drug-likeness (QED) is 0.696. The van der Waals surface area contributed by atoms with Gasteiger partial charge in [0.05, 0.1) is 0 Å². The van der Waals surface area contributed by atoms with Crippen LogP contribution in [0, 0.1) is 5.92 Å². The van der Waals surface area contributed by atoms with E-state index in [-0.39, 0.29) is 24.5 Å². The Bertz CT molecular complexity index is 823. The number of rotatable bonds is 5. The van der Waals surface area contributed by atoms with E-state index in [9.17, 15) is 9.59 Å². The Morgan fingerprint density at radius 2 is 1.71 bits per heavy atom. The number of carbonyl (C=O) groups excluding carboxylic acids is 2. The fraction of sp³-hybridized carbons (Fsp3) is 0.364. The minimum atomic E-state index is -0.277. The van der Waals surface area contributed by atoms with Gasteiger partial charge in [-0.25, -0.2) is 5.43 Å². The summed E-state index contributed by atoms with van der Waals surface area (Å²) in [5, 5.41) is 2.85. The SMILES string of the molecule is O=C(Nc1ccccc1)c1ccc(COC(=O)C2NNC3CCCCC32)cc1. The molecule has 0 spiro atoms. The number of hydrazine groups is 1. The summed E-state index contributed by atoms with van der Waals surface area (Å²) in [5.74, 6) is -0.0718. The highest BCUT2D eigenvalue weighted by Crippen LogP contribution is 2.30. The normalized spacial score (nSPS) is 23.6. The van der Waals surface area contributed by atoms with Crippen LogP contribution in [0.3, 0.4) is 0 Å². The molecule has 1 saturated carbocycles. The van der Waals surface area contributed by atoms with E-state index in [2.05, 4.69) is 16.2 Å². The van der Waals surface area contributed by atoms with E-state index < -0.39 is 0 Å². The molecular formula is C22H25N3O3. The number of carbonyl (C=O) groups is 2. The second kappa shape index (κ2) is 8.54. The molecule has 28 heavy (non-hydrogen) atoms. The average Bonchev–Trinajstić information content (AvgIpc) is 3.17. The van der Waals surface area contributed by atoms with Gasteiger partial charge in [0.25, 0.3) is 5.91 Å². The van der Waals surface area contributed by atoms with Crippen LogP contribution in [0.1, 0.15) is 41.6 Å². The molecule has 3 N–H and O–H groups in total. The molecule has 6 heteroatoms. The molecule has 146 valence electrons. The predicted molar refractivity (Wildman–Crippen MR) is 106 cm³/mol. The van der Waals surface area contributed by atoms with Crippen molar-refractivity contribution in [1.82, 2.24) is 10.9 Å². The van der Waals surface area contributed by atoms with Gasteiger partial charge in [0, 0.05) is 23.2 Å². The number of amides is 1. The van der Waals surface area contributed by atoms with Gasteiger partial charge in [0.15, 0.2) is 0 Å². The minimum Gasteiger partial charge on any atom is -0.460 e. The molecule has 1 amide bonds. The second-order valence-electron chi connectivity index (χ2n) is 7.45. The van der Waals surface area contributed by atoms with E-state index in [0.29, 0.717) is 17.5 Å². The van der Waals surface area contributed by atoms with E-state index in [4.69, 9.17) is 4.74 Å². The van der Waals surface area contributed by atoms with Crippen molar-refractivity contribution in [2.45, 2.75) is 44.4 Å². The van der Waals surface area contributed by atoms with Crippen molar-refractivity contribution >= 4 is 17.6 Å². The van der Waals surface area contributed by atoms with Crippen LogP contribution in [0.2, 0.25) is 0 Å². The summed E-state index contributed by atoms with van der Waals surface area (Å²) in [7, 11) is 0. The molecule has 0 bridgehead atoms. The van der Waals surface area contributed by atoms with Crippen LogP contribution >= 0.6 is 0 Å². The number of hydrogen-bond acceptors (Lipinski definition) is 5. The van der Waals surface area contributed by atoms with Crippen molar-refractivity contribution in [3.8, 4) is 0 Å². The first-order chi connectivity index (χ1) is 13.7. The molecule has 2 aliphatic rings. The molecular weight excluding hydrogens is 354 g/mol. The van der Waals surface area contributed by atoms with Gasteiger partial charge < -0.3 is 10.1 Å². The van der Waals surface area contributed by atoms with Crippen LogP contribution in [-0.2, 0) is 16.1 Å². The zero-order valence-corrected chi connectivity index (χ0v) is 15.7. The first-order valence-corrected chi connectivity index (χ1v) is 9.84. The highest BCUT2D eigenvalue weighted by atomic mass is 16.5. The van der Waals surface area contributed by atoms with Crippen LogP contribution in [0.5, 0.6) is 0 Å². The summed E-state index contributed by atoms with van der Waals surface area (Å²) in [5.41, 5.74) is 8.51. The van der Waals surface area contributed by atoms with Crippen molar-refractivity contribution in [2.24, 2.45) is 5.92 Å². The Kier molecular flexibility index (Phi) is 5.69. The maximum atomic E-state index is 12.5. The van der Waals surface area contributed by atoms with Gasteiger partial charge in [-0.05, 0) is 42.7 Å². The molecule has 2 aromatic rings. The number of para-hydroxylation sites is 1. The Morgan fingerprint density at radius 3 is 2.50 bits per heavy atom. The third-order valence-corrected chi connectivity index (χ3v) is 5.55. The Morgan fingerprint density at radius 1 is 0.964 bits per heavy atom. The van der Waals surface area contributed by atoms with Crippen LogP contribution in [0.25, 0.3) is 0 Å². The zero-order valence-electron chi connectivity index (χ0n) is 15.7. The van der Waals surface area contributed by atoms with Gasteiger partial charge in [-0.2, -0.15) is 0 Å². The number of esters is 1. The summed E-state index contributed by atoms with van der Waals surface area (Å²) >= 11 is 0. The summed E-state index contributed by atoms with van der Waals surface area (Å²) < 4.78 is 5.52. The molecule has 3 atom stereocenters. The lowest BCUT2D eigenvalue weighted by atomic mass is 9.82. The lowest BCUT2D eigenvalue weighted by molar-refractivity contribution is -0.148. The molecule has 1 saturated heterocycles. The highest BCUT2D eigenvalue weighted by Gasteiger charge is 2.41. The van der Waals surface area contributed by atoms with Crippen molar-refractivity contribution in [1.29, 1.82) is 0 Å². The molecule has 3 unspecified atom stereocenters. The molecule has 1 aliphatic carbocycles. The fourth-order valence-corrected chi connectivity index (χ4v) is 4.00. The first kappa shape index (κ1) is 18.7. The maximum absolute atomic E-state index is 12.5. The Balaban J connectivity index is 1.30. The minimum absolute atomic E-state index is 0.167. The van der Waals surface area contributed by atoms with E-state index in [1.165, 1.54) is 12.8 Å². The molecule has 6 nitrogen and oxygen atoms in total.